The zero-order chi connectivity index (χ0) is 23.6. The van der Waals surface area contributed by atoms with Crippen molar-refractivity contribution in [3.05, 3.63) is 77.4 Å². The first-order valence-electron chi connectivity index (χ1n) is 11.4. The van der Waals surface area contributed by atoms with Crippen LogP contribution in [0.15, 0.2) is 60.7 Å². The van der Waals surface area contributed by atoms with Gasteiger partial charge in [-0.1, -0.05) is 55.5 Å². The lowest BCUT2D eigenvalue weighted by atomic mass is 9.57. The van der Waals surface area contributed by atoms with Crippen LogP contribution in [0.25, 0.3) is 10.8 Å². The second-order valence-electron chi connectivity index (χ2n) is 8.76. The quantitative estimate of drug-likeness (QED) is 0.384. The van der Waals surface area contributed by atoms with Gasteiger partial charge in [0.05, 0.1) is 20.3 Å². The van der Waals surface area contributed by atoms with Gasteiger partial charge in [-0.2, -0.15) is 0 Å². The minimum atomic E-state index is -1.42. The molecule has 0 amide bonds. The summed E-state index contributed by atoms with van der Waals surface area (Å²) in [6.45, 7) is 6.01. The van der Waals surface area contributed by atoms with E-state index in [1.165, 1.54) is 0 Å². The number of carbonyl (C=O) groups is 2. The number of methoxy groups -OCH3 is 1. The number of benzene rings is 3. The molecule has 0 saturated carbocycles. The molecule has 0 saturated heterocycles. The number of fused-ring (bicyclic) bond motifs is 3. The van der Waals surface area contributed by atoms with Gasteiger partial charge in [-0.3, -0.25) is 9.59 Å². The zero-order valence-corrected chi connectivity index (χ0v) is 19.6. The lowest BCUT2D eigenvalue weighted by Crippen LogP contribution is -2.51. The Morgan fingerprint density at radius 3 is 2.12 bits per heavy atom. The molecule has 0 spiro atoms. The van der Waals surface area contributed by atoms with Gasteiger partial charge in [-0.15, -0.1) is 0 Å². The first kappa shape index (κ1) is 22.8. The molecule has 172 valence electrons. The third kappa shape index (κ3) is 3.75. The molecule has 1 atom stereocenters. The molecule has 33 heavy (non-hydrogen) atoms. The Bertz CT molecular complexity index is 1160. The molecule has 0 fully saturated rings. The fraction of sp³-hybridized carbons (Fsp3) is 0.357. The van der Waals surface area contributed by atoms with Gasteiger partial charge in [0.1, 0.15) is 5.75 Å². The molecule has 3 aromatic carbocycles. The Kier molecular flexibility index (Phi) is 6.15. The largest absolute Gasteiger partial charge is 0.497 e. The number of esters is 2. The highest BCUT2D eigenvalue weighted by Crippen LogP contribution is 2.53. The van der Waals surface area contributed by atoms with Crippen LogP contribution in [-0.2, 0) is 30.9 Å². The van der Waals surface area contributed by atoms with Gasteiger partial charge in [0.2, 0.25) is 0 Å². The van der Waals surface area contributed by atoms with E-state index >= 15 is 0 Å². The fourth-order valence-electron chi connectivity index (χ4n) is 5.31. The SMILES string of the molecule is CCOC(=O)C1(C(=O)OCC)Cc2ccc3ccccc3c2C(C)(c2ccc(OC)cc2)C1. The fourth-order valence-corrected chi connectivity index (χ4v) is 5.31. The van der Waals surface area contributed by atoms with Gasteiger partial charge in [0.15, 0.2) is 5.41 Å². The van der Waals surface area contributed by atoms with Crippen LogP contribution in [0.5, 0.6) is 5.75 Å². The molecule has 5 heteroatoms. The van der Waals surface area contributed by atoms with Crippen LogP contribution in [0.2, 0.25) is 0 Å². The van der Waals surface area contributed by atoms with E-state index in [2.05, 4.69) is 25.1 Å². The van der Waals surface area contributed by atoms with Crippen molar-refractivity contribution in [3.8, 4) is 5.75 Å². The van der Waals surface area contributed by atoms with Crippen molar-refractivity contribution in [1.82, 2.24) is 0 Å². The highest BCUT2D eigenvalue weighted by Gasteiger charge is 2.57. The minimum absolute atomic E-state index is 0.198. The molecule has 0 radical (unpaired) electrons. The standard InChI is InChI=1S/C28H30O5/c1-5-32-25(29)28(26(30)33-6-2)17-20-12-11-19-9-7-8-10-23(19)24(20)27(3,18-28)21-13-15-22(31-4)16-14-21/h7-16H,5-6,17-18H2,1-4H3. The van der Waals surface area contributed by atoms with Crippen molar-refractivity contribution < 1.29 is 23.8 Å². The van der Waals surface area contributed by atoms with Crippen LogP contribution in [-0.4, -0.2) is 32.3 Å². The number of hydrogen-bond donors (Lipinski definition) is 0. The van der Waals surface area contributed by atoms with Crippen molar-refractivity contribution in [2.24, 2.45) is 5.41 Å². The van der Waals surface area contributed by atoms with E-state index in [0.717, 1.165) is 33.2 Å². The summed E-state index contributed by atoms with van der Waals surface area (Å²) in [6.07, 6.45) is 0.502. The Morgan fingerprint density at radius 1 is 0.879 bits per heavy atom. The lowest BCUT2D eigenvalue weighted by Gasteiger charge is -2.45. The molecule has 1 unspecified atom stereocenters. The van der Waals surface area contributed by atoms with Gasteiger partial charge in [0, 0.05) is 5.41 Å². The number of hydrogen-bond acceptors (Lipinski definition) is 5. The molecule has 0 aliphatic heterocycles. The minimum Gasteiger partial charge on any atom is -0.497 e. The summed E-state index contributed by atoms with van der Waals surface area (Å²) >= 11 is 0. The maximum atomic E-state index is 13.4. The molecule has 1 aliphatic rings. The number of rotatable bonds is 6. The average Bonchev–Trinajstić information content (AvgIpc) is 2.83. The van der Waals surface area contributed by atoms with Crippen LogP contribution in [0.1, 0.15) is 43.9 Å². The molecular formula is C28H30O5. The highest BCUT2D eigenvalue weighted by molar-refractivity contribution is 6.02. The number of ether oxygens (including phenoxy) is 3. The van der Waals surface area contributed by atoms with Crippen molar-refractivity contribution >= 4 is 22.7 Å². The van der Waals surface area contributed by atoms with Gasteiger partial charge in [0.25, 0.3) is 0 Å². The second-order valence-corrected chi connectivity index (χ2v) is 8.76. The van der Waals surface area contributed by atoms with E-state index in [1.54, 1.807) is 21.0 Å². The lowest BCUT2D eigenvalue weighted by molar-refractivity contribution is -0.174. The molecule has 1 aliphatic carbocycles. The normalized spacial score (nSPS) is 18.9. The van der Waals surface area contributed by atoms with Gasteiger partial charge < -0.3 is 14.2 Å². The van der Waals surface area contributed by atoms with E-state index < -0.39 is 22.8 Å². The first-order valence-corrected chi connectivity index (χ1v) is 11.4. The maximum Gasteiger partial charge on any atom is 0.323 e. The molecule has 4 rings (SSSR count). The van der Waals surface area contributed by atoms with Crippen LogP contribution >= 0.6 is 0 Å². The average molecular weight is 447 g/mol. The predicted molar refractivity (Wildman–Crippen MR) is 127 cm³/mol. The van der Waals surface area contributed by atoms with E-state index in [0.29, 0.717) is 0 Å². The van der Waals surface area contributed by atoms with Crippen LogP contribution < -0.4 is 4.74 Å². The number of carbonyl (C=O) groups excluding carboxylic acids is 2. The molecule has 3 aromatic rings. The molecule has 0 heterocycles. The summed E-state index contributed by atoms with van der Waals surface area (Å²) in [5.41, 5.74) is 1.03. The summed E-state index contributed by atoms with van der Waals surface area (Å²) in [5.74, 6) is -0.303. The zero-order valence-electron chi connectivity index (χ0n) is 19.6. The van der Waals surface area contributed by atoms with Crippen molar-refractivity contribution in [3.63, 3.8) is 0 Å². The van der Waals surface area contributed by atoms with Crippen LogP contribution in [0.4, 0.5) is 0 Å². The third-order valence-electron chi connectivity index (χ3n) is 6.77. The van der Waals surface area contributed by atoms with Crippen molar-refractivity contribution in [2.75, 3.05) is 20.3 Å². The summed E-state index contributed by atoms with van der Waals surface area (Å²) in [5, 5.41) is 2.24. The smallest absolute Gasteiger partial charge is 0.323 e. The topological polar surface area (TPSA) is 61.8 Å². The predicted octanol–water partition coefficient (Wildman–Crippen LogP) is 5.21. The van der Waals surface area contributed by atoms with E-state index in [4.69, 9.17) is 14.2 Å². The molecule has 0 aromatic heterocycles. The molecular weight excluding hydrogens is 416 g/mol. The second kappa shape index (κ2) is 8.89. The Hall–Kier alpha value is -3.34. The summed E-state index contributed by atoms with van der Waals surface area (Å²) in [7, 11) is 1.63. The Labute approximate surface area is 194 Å². The first-order chi connectivity index (χ1) is 15.9. The summed E-state index contributed by atoms with van der Waals surface area (Å²) in [4.78, 5) is 26.8. The van der Waals surface area contributed by atoms with E-state index in [1.807, 2.05) is 42.5 Å². The summed E-state index contributed by atoms with van der Waals surface area (Å²) in [6, 6.07) is 20.2. The van der Waals surface area contributed by atoms with Crippen molar-refractivity contribution in [2.45, 2.75) is 39.0 Å². The van der Waals surface area contributed by atoms with E-state index in [-0.39, 0.29) is 26.1 Å². The molecule has 5 nitrogen and oxygen atoms in total. The maximum absolute atomic E-state index is 13.4. The van der Waals surface area contributed by atoms with Crippen molar-refractivity contribution in [1.29, 1.82) is 0 Å². The van der Waals surface area contributed by atoms with E-state index in [9.17, 15) is 9.59 Å². The van der Waals surface area contributed by atoms with Crippen LogP contribution in [0.3, 0.4) is 0 Å². The molecule has 0 bridgehead atoms. The van der Waals surface area contributed by atoms with Gasteiger partial charge in [-0.05, 0) is 66.3 Å². The highest BCUT2D eigenvalue weighted by atomic mass is 16.6. The monoisotopic (exact) mass is 446 g/mol. The Balaban J connectivity index is 2.01. The Morgan fingerprint density at radius 2 is 1.52 bits per heavy atom. The third-order valence-corrected chi connectivity index (χ3v) is 6.77. The molecule has 0 N–H and O–H groups in total. The van der Waals surface area contributed by atoms with Gasteiger partial charge >= 0.3 is 11.9 Å². The van der Waals surface area contributed by atoms with Crippen LogP contribution in [0, 0.1) is 5.41 Å². The van der Waals surface area contributed by atoms with Gasteiger partial charge in [-0.25, -0.2) is 0 Å². The summed E-state index contributed by atoms with van der Waals surface area (Å²) < 4.78 is 16.3.